The molecule has 0 bridgehead atoms. The maximum absolute atomic E-state index is 4.56. The van der Waals surface area contributed by atoms with Crippen molar-refractivity contribution in [1.29, 1.82) is 0 Å². The van der Waals surface area contributed by atoms with Crippen LogP contribution in [0.1, 0.15) is 5.56 Å². The normalized spacial score (nSPS) is 10.8. The summed E-state index contributed by atoms with van der Waals surface area (Å²) in [4.78, 5) is 4.56. The van der Waals surface area contributed by atoms with Crippen LogP contribution in [0.15, 0.2) is 85.1 Å². The molecule has 0 aliphatic heterocycles. The molecular weight excluding hydrogens is 278 g/mol. The van der Waals surface area contributed by atoms with Gasteiger partial charge in [0.15, 0.2) is 0 Å². The number of benzene rings is 3. The average Bonchev–Trinajstić information content (AvgIpc) is 2.62. The first-order valence-electron chi connectivity index (χ1n) is 7.82. The largest absolute Gasteiger partial charge is 0.256 e. The first-order valence-corrected chi connectivity index (χ1v) is 7.82. The molecule has 0 spiro atoms. The predicted octanol–water partition coefficient (Wildman–Crippen LogP) is 5.88. The van der Waals surface area contributed by atoms with Gasteiger partial charge in [-0.05, 0) is 47.0 Å². The van der Waals surface area contributed by atoms with Gasteiger partial charge in [-0.1, -0.05) is 66.2 Å². The van der Waals surface area contributed by atoms with E-state index < -0.39 is 0 Å². The van der Waals surface area contributed by atoms with Crippen LogP contribution < -0.4 is 0 Å². The van der Waals surface area contributed by atoms with Crippen LogP contribution in [-0.4, -0.2) is 4.98 Å². The van der Waals surface area contributed by atoms with Gasteiger partial charge in [0, 0.05) is 11.8 Å². The highest BCUT2D eigenvalue weighted by molar-refractivity contribution is 5.87. The van der Waals surface area contributed by atoms with Crippen LogP contribution in [0.5, 0.6) is 0 Å². The summed E-state index contributed by atoms with van der Waals surface area (Å²) in [5.74, 6) is 0. The summed E-state index contributed by atoms with van der Waals surface area (Å²) in [6.45, 7) is 2.11. The van der Waals surface area contributed by atoms with Crippen molar-refractivity contribution in [3.05, 3.63) is 90.6 Å². The number of fused-ring (bicyclic) bond motifs is 1. The van der Waals surface area contributed by atoms with Crippen molar-refractivity contribution >= 4 is 10.8 Å². The lowest BCUT2D eigenvalue weighted by Crippen LogP contribution is -1.86. The second-order valence-electron chi connectivity index (χ2n) is 5.86. The Hall–Kier alpha value is -2.93. The minimum absolute atomic E-state index is 1.01. The fraction of sp³-hybridized carbons (Fsp3) is 0.0455. The molecule has 4 rings (SSSR count). The standard InChI is InChI=1S/C22H17N/c1-16-6-8-18(9-7-16)20-12-13-23-22(15-20)21-11-10-17-4-2-3-5-19(17)14-21/h2-15H,1H3. The van der Waals surface area contributed by atoms with Crippen LogP contribution in [0.3, 0.4) is 0 Å². The van der Waals surface area contributed by atoms with E-state index >= 15 is 0 Å². The number of nitrogens with zero attached hydrogens (tertiary/aromatic N) is 1. The van der Waals surface area contributed by atoms with E-state index in [1.807, 2.05) is 6.20 Å². The number of hydrogen-bond donors (Lipinski definition) is 0. The lowest BCUT2D eigenvalue weighted by atomic mass is 10.0. The molecule has 0 amide bonds. The summed E-state index contributed by atoms with van der Waals surface area (Å²) < 4.78 is 0. The van der Waals surface area contributed by atoms with E-state index in [0.717, 1.165) is 11.3 Å². The van der Waals surface area contributed by atoms with Gasteiger partial charge in [-0.25, -0.2) is 0 Å². The molecule has 0 N–H and O–H groups in total. The van der Waals surface area contributed by atoms with Crippen molar-refractivity contribution in [3.63, 3.8) is 0 Å². The van der Waals surface area contributed by atoms with Gasteiger partial charge in [-0.15, -0.1) is 0 Å². The second kappa shape index (κ2) is 5.69. The van der Waals surface area contributed by atoms with E-state index in [2.05, 4.69) is 90.8 Å². The molecule has 0 unspecified atom stereocenters. The molecule has 0 fully saturated rings. The van der Waals surface area contributed by atoms with Crippen molar-refractivity contribution in [1.82, 2.24) is 4.98 Å². The molecule has 0 saturated carbocycles. The zero-order valence-corrected chi connectivity index (χ0v) is 13.0. The number of hydrogen-bond acceptors (Lipinski definition) is 1. The lowest BCUT2D eigenvalue weighted by Gasteiger charge is -2.07. The van der Waals surface area contributed by atoms with Crippen molar-refractivity contribution in [3.8, 4) is 22.4 Å². The zero-order valence-electron chi connectivity index (χ0n) is 13.0. The van der Waals surface area contributed by atoms with Gasteiger partial charge in [-0.2, -0.15) is 0 Å². The van der Waals surface area contributed by atoms with Crippen molar-refractivity contribution in [2.75, 3.05) is 0 Å². The Morgan fingerprint density at radius 1 is 0.609 bits per heavy atom. The van der Waals surface area contributed by atoms with E-state index in [0.29, 0.717) is 0 Å². The van der Waals surface area contributed by atoms with Crippen molar-refractivity contribution < 1.29 is 0 Å². The molecule has 3 aromatic carbocycles. The third kappa shape index (κ3) is 2.74. The van der Waals surface area contributed by atoms with Crippen LogP contribution in [0, 0.1) is 6.92 Å². The summed E-state index contributed by atoms with van der Waals surface area (Å²) >= 11 is 0. The fourth-order valence-electron chi connectivity index (χ4n) is 2.86. The minimum atomic E-state index is 1.01. The number of pyridine rings is 1. The van der Waals surface area contributed by atoms with Gasteiger partial charge in [0.05, 0.1) is 5.69 Å². The monoisotopic (exact) mass is 295 g/mol. The molecule has 4 aromatic rings. The Kier molecular flexibility index (Phi) is 3.39. The summed E-state index contributed by atoms with van der Waals surface area (Å²) in [5.41, 5.74) is 5.85. The highest BCUT2D eigenvalue weighted by Gasteiger charge is 2.04. The smallest absolute Gasteiger partial charge is 0.0708 e. The van der Waals surface area contributed by atoms with Gasteiger partial charge >= 0.3 is 0 Å². The van der Waals surface area contributed by atoms with Crippen LogP contribution in [0.2, 0.25) is 0 Å². The second-order valence-corrected chi connectivity index (χ2v) is 5.86. The Morgan fingerprint density at radius 3 is 2.17 bits per heavy atom. The minimum Gasteiger partial charge on any atom is -0.256 e. The van der Waals surface area contributed by atoms with Crippen molar-refractivity contribution in [2.45, 2.75) is 6.92 Å². The summed E-state index contributed by atoms with van der Waals surface area (Å²) in [6, 6.07) is 27.8. The third-order valence-corrected chi connectivity index (χ3v) is 4.19. The maximum atomic E-state index is 4.56. The molecule has 0 atom stereocenters. The molecule has 0 aliphatic rings. The topological polar surface area (TPSA) is 12.9 Å². The molecular formula is C22H17N. The lowest BCUT2D eigenvalue weighted by molar-refractivity contribution is 1.33. The van der Waals surface area contributed by atoms with Crippen LogP contribution in [-0.2, 0) is 0 Å². The third-order valence-electron chi connectivity index (χ3n) is 4.19. The van der Waals surface area contributed by atoms with Gasteiger partial charge in [-0.3, -0.25) is 4.98 Å². The molecule has 0 saturated heterocycles. The first kappa shape index (κ1) is 13.7. The fourth-order valence-corrected chi connectivity index (χ4v) is 2.86. The number of aromatic nitrogens is 1. The Morgan fingerprint density at radius 2 is 1.35 bits per heavy atom. The summed E-state index contributed by atoms with van der Waals surface area (Å²) in [6.07, 6.45) is 1.89. The van der Waals surface area contributed by atoms with Gasteiger partial charge in [0.1, 0.15) is 0 Å². The molecule has 1 heterocycles. The number of aryl methyl sites for hydroxylation is 1. The summed E-state index contributed by atoms with van der Waals surface area (Å²) in [5, 5.41) is 2.50. The van der Waals surface area contributed by atoms with Crippen LogP contribution in [0.25, 0.3) is 33.2 Å². The highest BCUT2D eigenvalue weighted by atomic mass is 14.7. The molecule has 0 aliphatic carbocycles. The van der Waals surface area contributed by atoms with Gasteiger partial charge in [0.2, 0.25) is 0 Å². The number of rotatable bonds is 2. The Bertz CT molecular complexity index is 968. The van der Waals surface area contributed by atoms with E-state index in [1.165, 1.54) is 27.5 Å². The predicted molar refractivity (Wildman–Crippen MR) is 97.4 cm³/mol. The molecule has 23 heavy (non-hydrogen) atoms. The molecule has 1 heteroatoms. The van der Waals surface area contributed by atoms with Gasteiger partial charge in [0.25, 0.3) is 0 Å². The van der Waals surface area contributed by atoms with Crippen LogP contribution >= 0.6 is 0 Å². The molecule has 1 aromatic heterocycles. The van der Waals surface area contributed by atoms with Crippen molar-refractivity contribution in [2.24, 2.45) is 0 Å². The first-order chi connectivity index (χ1) is 11.3. The average molecular weight is 295 g/mol. The summed E-state index contributed by atoms with van der Waals surface area (Å²) in [7, 11) is 0. The van der Waals surface area contributed by atoms with E-state index in [1.54, 1.807) is 0 Å². The molecule has 0 radical (unpaired) electrons. The Labute approximate surface area is 136 Å². The zero-order chi connectivity index (χ0) is 15.6. The van der Waals surface area contributed by atoms with E-state index in [4.69, 9.17) is 0 Å². The quantitative estimate of drug-likeness (QED) is 0.450. The Balaban J connectivity index is 1.79. The highest BCUT2D eigenvalue weighted by Crippen LogP contribution is 2.27. The molecule has 110 valence electrons. The van der Waals surface area contributed by atoms with Gasteiger partial charge < -0.3 is 0 Å². The van der Waals surface area contributed by atoms with E-state index in [-0.39, 0.29) is 0 Å². The van der Waals surface area contributed by atoms with E-state index in [9.17, 15) is 0 Å². The maximum Gasteiger partial charge on any atom is 0.0708 e. The molecule has 1 nitrogen and oxygen atoms in total. The van der Waals surface area contributed by atoms with Crippen LogP contribution in [0.4, 0.5) is 0 Å². The SMILES string of the molecule is Cc1ccc(-c2ccnc(-c3ccc4ccccc4c3)c2)cc1.